The molecule has 0 bridgehead atoms. The number of hydrogen-bond acceptors (Lipinski definition) is 5. The molecule has 3 heterocycles. The lowest BCUT2D eigenvalue weighted by Gasteiger charge is -2.30. The normalized spacial score (nSPS) is 21.3. The van der Waals surface area contributed by atoms with Crippen molar-refractivity contribution in [3.63, 3.8) is 0 Å². The zero-order chi connectivity index (χ0) is 17.1. The number of nitrogens with zero attached hydrogens (tertiary/aromatic N) is 3. The Morgan fingerprint density at radius 2 is 1.96 bits per heavy atom. The van der Waals surface area contributed by atoms with Crippen LogP contribution in [0.4, 0.5) is 5.82 Å². The number of para-hydroxylation sites is 1. The van der Waals surface area contributed by atoms with Crippen molar-refractivity contribution in [2.75, 3.05) is 24.6 Å². The Bertz CT molecular complexity index is 714. The molecule has 0 amide bonds. The molecule has 5 heteroatoms. The first-order valence-electron chi connectivity index (χ1n) is 9.23. The molecule has 0 saturated carbocycles. The van der Waals surface area contributed by atoms with E-state index in [1.54, 1.807) is 0 Å². The second-order valence-corrected chi connectivity index (χ2v) is 7.07. The molecule has 1 atom stereocenters. The van der Waals surface area contributed by atoms with Crippen molar-refractivity contribution in [2.24, 2.45) is 5.92 Å². The van der Waals surface area contributed by atoms with Crippen LogP contribution < -0.4 is 9.64 Å². The minimum atomic E-state index is -0.163. The summed E-state index contributed by atoms with van der Waals surface area (Å²) in [6, 6.07) is 10.3. The first-order chi connectivity index (χ1) is 12.3. The number of piperidine rings is 1. The van der Waals surface area contributed by atoms with Crippen LogP contribution in [0, 0.1) is 5.92 Å². The third-order valence-corrected chi connectivity index (χ3v) is 5.22. The highest BCUT2D eigenvalue weighted by molar-refractivity contribution is 5.38. The predicted octanol–water partition coefficient (Wildman–Crippen LogP) is 2.62. The van der Waals surface area contributed by atoms with E-state index >= 15 is 0 Å². The van der Waals surface area contributed by atoms with Crippen LogP contribution in [0.3, 0.4) is 0 Å². The smallest absolute Gasteiger partial charge is 0.132 e. The third kappa shape index (κ3) is 3.93. The lowest BCUT2D eigenvalue weighted by Crippen LogP contribution is -2.36. The number of aliphatic hydroxyl groups excluding tert-OH is 1. The summed E-state index contributed by atoms with van der Waals surface area (Å²) in [5.41, 5.74) is 1.28. The second kappa shape index (κ2) is 7.40. The number of aromatic nitrogens is 2. The number of rotatable bonds is 3. The summed E-state index contributed by atoms with van der Waals surface area (Å²) < 4.78 is 5.87. The van der Waals surface area contributed by atoms with Gasteiger partial charge >= 0.3 is 0 Å². The Balaban J connectivity index is 1.45. The zero-order valence-electron chi connectivity index (χ0n) is 14.5. The molecule has 0 radical (unpaired) electrons. The summed E-state index contributed by atoms with van der Waals surface area (Å²) in [4.78, 5) is 11.5. The van der Waals surface area contributed by atoms with E-state index in [2.05, 4.69) is 28.1 Å². The molecule has 0 aliphatic carbocycles. The summed E-state index contributed by atoms with van der Waals surface area (Å²) >= 11 is 0. The molecule has 1 saturated heterocycles. The van der Waals surface area contributed by atoms with E-state index in [0.717, 1.165) is 69.2 Å². The number of benzene rings is 1. The number of hydrogen-bond donors (Lipinski definition) is 1. The van der Waals surface area contributed by atoms with Crippen LogP contribution in [0.1, 0.15) is 30.7 Å². The van der Waals surface area contributed by atoms with Gasteiger partial charge in [0.2, 0.25) is 0 Å². The molecule has 1 N–H and O–H groups in total. The van der Waals surface area contributed by atoms with Gasteiger partial charge in [-0.15, -0.1) is 0 Å². The Morgan fingerprint density at radius 1 is 1.12 bits per heavy atom. The first-order valence-corrected chi connectivity index (χ1v) is 9.23. The molecule has 2 aliphatic heterocycles. The number of anilines is 1. The van der Waals surface area contributed by atoms with Gasteiger partial charge in [-0.25, -0.2) is 9.97 Å². The Morgan fingerprint density at radius 3 is 2.84 bits per heavy atom. The highest BCUT2D eigenvalue weighted by atomic mass is 16.5. The molecule has 1 unspecified atom stereocenters. The SMILES string of the molecule is OC1CCN(c2ccnc(CC3CCOc4ccccc4C3)n2)CC1. The van der Waals surface area contributed by atoms with Crippen LogP contribution in [0.5, 0.6) is 5.75 Å². The maximum absolute atomic E-state index is 9.68. The van der Waals surface area contributed by atoms with Crippen LogP contribution in [0.15, 0.2) is 36.5 Å². The van der Waals surface area contributed by atoms with E-state index in [-0.39, 0.29) is 6.10 Å². The van der Waals surface area contributed by atoms with Crippen molar-refractivity contribution in [1.82, 2.24) is 9.97 Å². The monoisotopic (exact) mass is 339 g/mol. The number of fused-ring (bicyclic) bond motifs is 1. The van der Waals surface area contributed by atoms with Gasteiger partial charge in [0, 0.05) is 25.7 Å². The fraction of sp³-hybridized carbons (Fsp3) is 0.500. The van der Waals surface area contributed by atoms with Crippen LogP contribution in [0.2, 0.25) is 0 Å². The van der Waals surface area contributed by atoms with Gasteiger partial charge in [0.15, 0.2) is 0 Å². The Kier molecular flexibility index (Phi) is 4.83. The Hall–Kier alpha value is -2.14. The highest BCUT2D eigenvalue weighted by Crippen LogP contribution is 2.28. The van der Waals surface area contributed by atoms with Gasteiger partial charge in [-0.1, -0.05) is 18.2 Å². The molecule has 132 valence electrons. The van der Waals surface area contributed by atoms with Gasteiger partial charge in [0.25, 0.3) is 0 Å². The van der Waals surface area contributed by atoms with Gasteiger partial charge in [0.05, 0.1) is 12.7 Å². The molecule has 1 aromatic carbocycles. The standard InChI is InChI=1S/C20H25N3O2/c24-17-6-10-23(11-7-17)20-5-9-21-19(22-20)14-15-8-12-25-18-4-2-1-3-16(18)13-15/h1-5,9,15,17,24H,6-8,10-14H2. The van der Waals surface area contributed by atoms with E-state index in [1.807, 2.05) is 18.3 Å². The van der Waals surface area contributed by atoms with Gasteiger partial charge in [-0.2, -0.15) is 0 Å². The van der Waals surface area contributed by atoms with Crippen molar-refractivity contribution in [3.05, 3.63) is 47.9 Å². The molecule has 0 spiro atoms. The summed E-state index contributed by atoms with van der Waals surface area (Å²) in [6.07, 6.45) is 6.25. The Labute approximate surface area is 148 Å². The maximum atomic E-state index is 9.68. The summed E-state index contributed by atoms with van der Waals surface area (Å²) in [7, 11) is 0. The molecule has 25 heavy (non-hydrogen) atoms. The van der Waals surface area contributed by atoms with Crippen molar-refractivity contribution < 1.29 is 9.84 Å². The zero-order valence-corrected chi connectivity index (χ0v) is 14.5. The summed E-state index contributed by atoms with van der Waals surface area (Å²) in [5.74, 6) is 3.42. The number of ether oxygens (including phenoxy) is 1. The fourth-order valence-corrected chi connectivity index (χ4v) is 3.75. The number of aliphatic hydroxyl groups is 1. The minimum Gasteiger partial charge on any atom is -0.493 e. The molecule has 4 rings (SSSR count). The molecule has 5 nitrogen and oxygen atoms in total. The second-order valence-electron chi connectivity index (χ2n) is 7.07. The van der Waals surface area contributed by atoms with Crippen LogP contribution in [0.25, 0.3) is 0 Å². The summed E-state index contributed by atoms with van der Waals surface area (Å²) in [5, 5.41) is 9.68. The van der Waals surface area contributed by atoms with E-state index in [1.165, 1.54) is 5.56 Å². The molecule has 1 fully saturated rings. The largest absolute Gasteiger partial charge is 0.493 e. The van der Waals surface area contributed by atoms with Gasteiger partial charge < -0.3 is 14.7 Å². The van der Waals surface area contributed by atoms with Crippen molar-refractivity contribution in [3.8, 4) is 5.75 Å². The lowest BCUT2D eigenvalue weighted by molar-refractivity contribution is 0.145. The van der Waals surface area contributed by atoms with Gasteiger partial charge in [-0.05, 0) is 49.3 Å². The van der Waals surface area contributed by atoms with Crippen LogP contribution in [-0.4, -0.2) is 40.9 Å². The predicted molar refractivity (Wildman–Crippen MR) is 96.9 cm³/mol. The molecule has 1 aromatic heterocycles. The summed E-state index contributed by atoms with van der Waals surface area (Å²) in [6.45, 7) is 2.48. The molecule has 2 aromatic rings. The molecule has 2 aliphatic rings. The van der Waals surface area contributed by atoms with Gasteiger partial charge in [0.1, 0.15) is 17.4 Å². The molecular formula is C20H25N3O2. The highest BCUT2D eigenvalue weighted by Gasteiger charge is 2.21. The van der Waals surface area contributed by atoms with E-state index in [0.29, 0.717) is 5.92 Å². The fourth-order valence-electron chi connectivity index (χ4n) is 3.75. The van der Waals surface area contributed by atoms with Crippen LogP contribution in [-0.2, 0) is 12.8 Å². The minimum absolute atomic E-state index is 0.163. The van der Waals surface area contributed by atoms with Gasteiger partial charge in [-0.3, -0.25) is 0 Å². The van der Waals surface area contributed by atoms with Crippen molar-refractivity contribution in [2.45, 2.75) is 38.2 Å². The van der Waals surface area contributed by atoms with E-state index < -0.39 is 0 Å². The van der Waals surface area contributed by atoms with E-state index in [9.17, 15) is 5.11 Å². The van der Waals surface area contributed by atoms with Crippen LogP contribution >= 0.6 is 0 Å². The average Bonchev–Trinajstić information content (AvgIpc) is 2.84. The quantitative estimate of drug-likeness (QED) is 0.931. The topological polar surface area (TPSA) is 58.5 Å². The van der Waals surface area contributed by atoms with Crippen molar-refractivity contribution in [1.29, 1.82) is 0 Å². The average molecular weight is 339 g/mol. The third-order valence-electron chi connectivity index (χ3n) is 5.22. The lowest BCUT2D eigenvalue weighted by atomic mass is 9.93. The van der Waals surface area contributed by atoms with E-state index in [4.69, 9.17) is 9.72 Å². The first kappa shape index (κ1) is 16.3. The maximum Gasteiger partial charge on any atom is 0.132 e. The molecular weight excluding hydrogens is 314 g/mol. The van der Waals surface area contributed by atoms with Crippen molar-refractivity contribution >= 4 is 5.82 Å².